The van der Waals surface area contributed by atoms with Crippen LogP contribution in [0.1, 0.15) is 69.9 Å². The fraction of sp³-hybridized carbons (Fsp3) is 0.537. The van der Waals surface area contributed by atoms with Crippen LogP contribution in [0, 0.1) is 5.92 Å². The lowest BCUT2D eigenvalue weighted by atomic mass is 9.75. The number of piperidine rings is 1. The van der Waals surface area contributed by atoms with Gasteiger partial charge in [0, 0.05) is 32.6 Å². The molecule has 2 heterocycles. The van der Waals surface area contributed by atoms with Crippen molar-refractivity contribution in [2.75, 3.05) is 32.7 Å². The van der Waals surface area contributed by atoms with Crippen LogP contribution in [0.15, 0.2) is 72.2 Å². The number of carbonyl (C=O) groups excluding carboxylic acids is 5. The average molecular weight is 789 g/mol. The zero-order valence-electron chi connectivity index (χ0n) is 33.3. The highest BCUT2D eigenvalue weighted by Gasteiger charge is 2.43. The molecule has 310 valence electrons. The molecule has 0 unspecified atom stereocenters. The molecular weight excluding hydrogens is 727 g/mol. The lowest BCUT2D eigenvalue weighted by Gasteiger charge is -2.42. The van der Waals surface area contributed by atoms with Gasteiger partial charge < -0.3 is 53.0 Å². The Balaban J connectivity index is 1.44. The Kier molecular flexibility index (Phi) is 17.2. The minimum absolute atomic E-state index is 0.0121. The van der Waals surface area contributed by atoms with Gasteiger partial charge >= 0.3 is 7.12 Å². The van der Waals surface area contributed by atoms with Crippen LogP contribution in [0.25, 0.3) is 0 Å². The summed E-state index contributed by atoms with van der Waals surface area (Å²) in [6, 6.07) is 14.7. The number of nitrogens with zero attached hydrogens (tertiary/aromatic N) is 2. The van der Waals surface area contributed by atoms with E-state index < -0.39 is 54.5 Å². The van der Waals surface area contributed by atoms with Gasteiger partial charge in [0.05, 0.1) is 11.6 Å². The van der Waals surface area contributed by atoms with Crippen molar-refractivity contribution < 1.29 is 34.0 Å². The van der Waals surface area contributed by atoms with Gasteiger partial charge in [-0.15, -0.1) is 0 Å². The minimum atomic E-state index is -1.56. The second-order valence-electron chi connectivity index (χ2n) is 15.7. The van der Waals surface area contributed by atoms with Crippen LogP contribution in [-0.4, -0.2) is 119 Å². The summed E-state index contributed by atoms with van der Waals surface area (Å²) in [7, 11) is -1.56. The highest BCUT2D eigenvalue weighted by atomic mass is 16.4. The molecule has 0 saturated carbocycles. The van der Waals surface area contributed by atoms with Crippen molar-refractivity contribution >= 4 is 36.7 Å². The van der Waals surface area contributed by atoms with E-state index in [1.165, 1.54) is 0 Å². The highest BCUT2D eigenvalue weighted by Crippen LogP contribution is 2.25. The molecule has 0 bridgehead atoms. The molecule has 2 aromatic rings. The molecule has 4 rings (SSSR count). The molecule has 5 amide bonds. The third-order valence-electron chi connectivity index (χ3n) is 10.7. The maximum Gasteiger partial charge on any atom is 0.483 e. The summed E-state index contributed by atoms with van der Waals surface area (Å²) >= 11 is 0. The number of hydrogen-bond donors (Lipinski definition) is 8. The Morgan fingerprint density at radius 3 is 1.88 bits per heavy atom. The van der Waals surface area contributed by atoms with Gasteiger partial charge in [0.15, 0.2) is 0 Å². The number of nitrogens with two attached hydrogens (primary N) is 3. The van der Waals surface area contributed by atoms with Crippen LogP contribution in [0.3, 0.4) is 0 Å². The number of hydrogen-bond acceptors (Lipinski definition) is 10. The molecule has 0 aromatic heterocycles. The van der Waals surface area contributed by atoms with Crippen LogP contribution >= 0.6 is 0 Å². The number of nitrogens with one attached hydrogen (secondary N) is 3. The van der Waals surface area contributed by atoms with E-state index in [0.29, 0.717) is 44.2 Å². The van der Waals surface area contributed by atoms with E-state index in [1.807, 2.05) is 74.5 Å². The van der Waals surface area contributed by atoms with Crippen LogP contribution in [-0.2, 0) is 36.8 Å². The van der Waals surface area contributed by atoms with Gasteiger partial charge in [-0.05, 0) is 80.4 Å². The minimum Gasteiger partial charge on any atom is -0.423 e. The van der Waals surface area contributed by atoms with Crippen molar-refractivity contribution in [2.45, 2.75) is 101 Å². The zero-order chi connectivity index (χ0) is 41.5. The zero-order valence-corrected chi connectivity index (χ0v) is 33.3. The quantitative estimate of drug-likeness (QED) is 0.0695. The number of benzene rings is 2. The topological polar surface area (TPSA) is 246 Å². The molecule has 1 saturated heterocycles. The SMILES string of the molecule is CC(C)C[C@@H](NC(=O)[C@@H](Cc1ccccc1)NC(=O)[C@H](N)Cc1ccccc1)C(=O)N[C@H](CCCCN)C(=O)N1CCC(N)(C(=O)N2CC=C(B(O)O)CC2)CC1. The summed E-state index contributed by atoms with van der Waals surface area (Å²) in [6.45, 7) is 5.20. The van der Waals surface area contributed by atoms with Crippen molar-refractivity contribution in [2.24, 2.45) is 23.1 Å². The van der Waals surface area contributed by atoms with Crippen molar-refractivity contribution in [3.8, 4) is 0 Å². The lowest BCUT2D eigenvalue weighted by molar-refractivity contribution is -0.144. The molecule has 1 fully saturated rings. The van der Waals surface area contributed by atoms with Crippen molar-refractivity contribution in [3.05, 3.63) is 83.3 Å². The van der Waals surface area contributed by atoms with Gasteiger partial charge in [0.2, 0.25) is 29.5 Å². The molecule has 4 atom stereocenters. The normalized spacial score (nSPS) is 17.4. The summed E-state index contributed by atoms with van der Waals surface area (Å²) in [5, 5.41) is 27.5. The van der Waals surface area contributed by atoms with E-state index in [-0.39, 0.29) is 69.5 Å². The molecular formula is C41H61BN8O7. The van der Waals surface area contributed by atoms with Gasteiger partial charge in [-0.2, -0.15) is 0 Å². The number of likely N-dealkylation sites (tertiary alicyclic amines) is 1. The summed E-state index contributed by atoms with van der Waals surface area (Å²) < 4.78 is 0. The molecule has 2 aromatic carbocycles. The largest absolute Gasteiger partial charge is 0.483 e. The van der Waals surface area contributed by atoms with Crippen LogP contribution in [0.5, 0.6) is 0 Å². The molecule has 57 heavy (non-hydrogen) atoms. The summed E-state index contributed by atoms with van der Waals surface area (Å²) in [4.78, 5) is 72.1. The molecule has 15 nitrogen and oxygen atoms in total. The Morgan fingerprint density at radius 2 is 1.33 bits per heavy atom. The number of unbranched alkanes of at least 4 members (excludes halogenated alkanes) is 1. The Morgan fingerprint density at radius 1 is 0.772 bits per heavy atom. The first-order valence-electron chi connectivity index (χ1n) is 20.1. The summed E-state index contributed by atoms with van der Waals surface area (Å²) in [5.74, 6) is -2.16. The van der Waals surface area contributed by atoms with E-state index in [9.17, 15) is 34.0 Å². The van der Waals surface area contributed by atoms with Crippen LogP contribution in [0.4, 0.5) is 0 Å². The second kappa shape index (κ2) is 21.8. The smallest absolute Gasteiger partial charge is 0.423 e. The third kappa shape index (κ3) is 13.5. The maximum atomic E-state index is 14.1. The summed E-state index contributed by atoms with van der Waals surface area (Å²) in [6.07, 6.45) is 4.62. The van der Waals surface area contributed by atoms with Crippen LogP contribution < -0.4 is 33.2 Å². The first-order valence-corrected chi connectivity index (χ1v) is 20.1. The van der Waals surface area contributed by atoms with E-state index in [4.69, 9.17) is 17.2 Å². The fourth-order valence-electron chi connectivity index (χ4n) is 7.28. The first-order chi connectivity index (χ1) is 27.2. The van der Waals surface area contributed by atoms with Gasteiger partial charge in [-0.25, -0.2) is 0 Å². The second-order valence-corrected chi connectivity index (χ2v) is 15.7. The number of rotatable bonds is 19. The molecule has 0 aliphatic carbocycles. The Hall–Kier alpha value is -4.61. The van der Waals surface area contributed by atoms with Crippen molar-refractivity contribution in [1.82, 2.24) is 25.8 Å². The molecule has 0 spiro atoms. The molecule has 2 aliphatic heterocycles. The molecule has 11 N–H and O–H groups in total. The van der Waals surface area contributed by atoms with E-state index in [2.05, 4.69) is 16.0 Å². The molecule has 2 aliphatic rings. The van der Waals surface area contributed by atoms with Crippen molar-refractivity contribution in [3.63, 3.8) is 0 Å². The van der Waals surface area contributed by atoms with Crippen molar-refractivity contribution in [1.29, 1.82) is 0 Å². The fourth-order valence-corrected chi connectivity index (χ4v) is 7.28. The number of carbonyl (C=O) groups is 5. The van der Waals surface area contributed by atoms with E-state index in [0.717, 1.165) is 11.1 Å². The maximum absolute atomic E-state index is 14.1. The Labute approximate surface area is 336 Å². The monoisotopic (exact) mass is 788 g/mol. The first kappa shape index (κ1) is 45.1. The van der Waals surface area contributed by atoms with Gasteiger partial charge in [-0.1, -0.05) is 80.6 Å². The Bertz CT molecular complexity index is 1670. The van der Waals surface area contributed by atoms with E-state index >= 15 is 0 Å². The predicted molar refractivity (Wildman–Crippen MR) is 219 cm³/mol. The molecule has 16 heteroatoms. The average Bonchev–Trinajstić information content (AvgIpc) is 3.20. The van der Waals surface area contributed by atoms with Gasteiger partial charge in [0.25, 0.3) is 0 Å². The number of amides is 5. The van der Waals surface area contributed by atoms with Crippen LogP contribution in [0.2, 0.25) is 0 Å². The van der Waals surface area contributed by atoms with Gasteiger partial charge in [-0.3, -0.25) is 24.0 Å². The van der Waals surface area contributed by atoms with Gasteiger partial charge in [0.1, 0.15) is 18.1 Å². The standard InChI is InChI=1S/C41H61BN8O7/c1-28(2)25-34(48-38(53)35(27-30-13-7-4-8-14-30)47-36(51)32(44)26-29-11-5-3-6-12-29)37(52)46-33(15-9-10-20-43)39(54)49-23-18-41(45,19-24-49)40(55)50-21-16-31(17-22-50)42(56)57/h3-8,11-14,16,28,32-35,56-57H,9-10,15,17-27,43-45H2,1-2H3,(H,46,52)(H,47,51)(H,48,53)/t32-,33-,34-,35-/m1/s1. The highest BCUT2D eigenvalue weighted by molar-refractivity contribution is 6.50. The lowest BCUT2D eigenvalue weighted by Crippen LogP contribution is -2.63. The predicted octanol–water partition coefficient (Wildman–Crippen LogP) is -0.0808. The van der Waals surface area contributed by atoms with E-state index in [1.54, 1.807) is 15.9 Å². The third-order valence-corrected chi connectivity index (χ3v) is 10.7. The molecule has 0 radical (unpaired) electrons. The summed E-state index contributed by atoms with van der Waals surface area (Å²) in [5.41, 5.74) is 19.6.